The van der Waals surface area contributed by atoms with Crippen molar-refractivity contribution < 1.29 is 27.5 Å². The van der Waals surface area contributed by atoms with Gasteiger partial charge in [0, 0.05) is 31.6 Å². The lowest BCUT2D eigenvalue weighted by molar-refractivity contribution is -0.140. The molecule has 4 rings (SSSR count). The van der Waals surface area contributed by atoms with Gasteiger partial charge in [0.25, 0.3) is 0 Å². The van der Waals surface area contributed by atoms with Crippen LogP contribution in [-0.2, 0) is 26.0 Å². The first-order valence-electron chi connectivity index (χ1n) is 13.7. The van der Waals surface area contributed by atoms with Crippen molar-refractivity contribution in [2.75, 3.05) is 36.9 Å². The van der Waals surface area contributed by atoms with E-state index in [1.807, 2.05) is 30.3 Å². The summed E-state index contributed by atoms with van der Waals surface area (Å²) in [7, 11) is -3.60. The van der Waals surface area contributed by atoms with Crippen LogP contribution in [0.1, 0.15) is 51.0 Å². The Kier molecular flexibility index (Phi) is 9.72. The SMILES string of the molecule is CC(C(=O)NC1CCCC1)N(CCc1ccccc1)C(=O)CCCN(c1ccc2c(c1)OCCO2)S(C)(=O)=O. The lowest BCUT2D eigenvalue weighted by atomic mass is 10.1. The molecule has 1 aliphatic carbocycles. The number of benzene rings is 2. The van der Waals surface area contributed by atoms with Crippen LogP contribution in [0.4, 0.5) is 5.69 Å². The molecule has 0 radical (unpaired) electrons. The zero-order valence-corrected chi connectivity index (χ0v) is 23.6. The summed E-state index contributed by atoms with van der Waals surface area (Å²) in [6, 6.07) is 14.4. The topological polar surface area (TPSA) is 105 Å². The van der Waals surface area contributed by atoms with Crippen molar-refractivity contribution >= 4 is 27.5 Å². The Morgan fingerprint density at radius 1 is 1.00 bits per heavy atom. The fraction of sp³-hybridized carbons (Fsp3) is 0.517. The van der Waals surface area contributed by atoms with Gasteiger partial charge in [0.05, 0.1) is 11.9 Å². The molecule has 0 bridgehead atoms. The highest BCUT2D eigenvalue weighted by atomic mass is 32.2. The van der Waals surface area contributed by atoms with Crippen LogP contribution >= 0.6 is 0 Å². The highest BCUT2D eigenvalue weighted by molar-refractivity contribution is 7.92. The number of nitrogens with zero attached hydrogens (tertiary/aromatic N) is 2. The molecule has 0 saturated heterocycles. The lowest BCUT2D eigenvalue weighted by Gasteiger charge is -2.30. The molecule has 0 aromatic heterocycles. The molecule has 0 spiro atoms. The third kappa shape index (κ3) is 7.88. The van der Waals surface area contributed by atoms with Crippen LogP contribution in [-0.4, -0.2) is 69.8 Å². The molecule has 1 aliphatic heterocycles. The van der Waals surface area contributed by atoms with Crippen molar-refractivity contribution in [3.8, 4) is 11.5 Å². The summed E-state index contributed by atoms with van der Waals surface area (Å²) in [5.41, 5.74) is 1.54. The predicted molar refractivity (Wildman–Crippen MR) is 151 cm³/mol. The third-order valence-corrected chi connectivity index (χ3v) is 8.51. The van der Waals surface area contributed by atoms with Crippen LogP contribution in [0.3, 0.4) is 0 Å². The minimum atomic E-state index is -3.60. The van der Waals surface area contributed by atoms with Crippen LogP contribution in [0.2, 0.25) is 0 Å². The molecule has 1 unspecified atom stereocenters. The van der Waals surface area contributed by atoms with Gasteiger partial charge in [0.15, 0.2) is 11.5 Å². The molecule has 1 fully saturated rings. The normalized spacial score (nSPS) is 15.9. The molecule has 212 valence electrons. The smallest absolute Gasteiger partial charge is 0.242 e. The van der Waals surface area contributed by atoms with Gasteiger partial charge in [-0.25, -0.2) is 8.42 Å². The summed E-state index contributed by atoms with van der Waals surface area (Å²) in [4.78, 5) is 28.1. The first-order valence-corrected chi connectivity index (χ1v) is 15.6. The Morgan fingerprint density at radius 2 is 1.69 bits per heavy atom. The number of rotatable bonds is 12. The van der Waals surface area contributed by atoms with Crippen molar-refractivity contribution in [2.24, 2.45) is 0 Å². The maximum atomic E-state index is 13.4. The van der Waals surface area contributed by atoms with Crippen molar-refractivity contribution in [2.45, 2.75) is 64.0 Å². The first-order chi connectivity index (χ1) is 18.7. The molecule has 2 aromatic carbocycles. The third-order valence-electron chi connectivity index (χ3n) is 7.32. The Hall–Kier alpha value is -3.27. The number of hydrogen-bond acceptors (Lipinski definition) is 6. The summed E-state index contributed by atoms with van der Waals surface area (Å²) in [6.07, 6.45) is 6.35. The minimum absolute atomic E-state index is 0.117. The van der Waals surface area contributed by atoms with E-state index in [-0.39, 0.29) is 30.8 Å². The number of anilines is 1. The second-order valence-corrected chi connectivity index (χ2v) is 12.2. The van der Waals surface area contributed by atoms with E-state index in [9.17, 15) is 18.0 Å². The first kappa shape index (κ1) is 28.7. The molecule has 1 N–H and O–H groups in total. The Bertz CT molecular complexity index is 1230. The number of hydrogen-bond donors (Lipinski definition) is 1. The molecular weight excluding hydrogens is 518 g/mol. The highest BCUT2D eigenvalue weighted by Crippen LogP contribution is 2.34. The average molecular weight is 558 g/mol. The number of amides is 2. The second kappa shape index (κ2) is 13.2. The minimum Gasteiger partial charge on any atom is -0.486 e. The molecule has 1 heterocycles. The van der Waals surface area contributed by atoms with Crippen LogP contribution in [0.5, 0.6) is 11.5 Å². The Labute approximate surface area is 231 Å². The number of ether oxygens (including phenoxy) is 2. The number of fused-ring (bicyclic) bond motifs is 1. The van der Waals surface area contributed by atoms with Gasteiger partial charge >= 0.3 is 0 Å². The predicted octanol–water partition coefficient (Wildman–Crippen LogP) is 3.52. The summed E-state index contributed by atoms with van der Waals surface area (Å²) in [6.45, 7) is 3.14. The van der Waals surface area contributed by atoms with E-state index >= 15 is 0 Å². The van der Waals surface area contributed by atoms with Crippen LogP contribution in [0.15, 0.2) is 48.5 Å². The summed E-state index contributed by atoms with van der Waals surface area (Å²) in [5.74, 6) is 0.762. The summed E-state index contributed by atoms with van der Waals surface area (Å²) in [5, 5.41) is 3.11. The Morgan fingerprint density at radius 3 is 2.38 bits per heavy atom. The van der Waals surface area contributed by atoms with Gasteiger partial charge in [-0.2, -0.15) is 0 Å². The van der Waals surface area contributed by atoms with E-state index < -0.39 is 16.1 Å². The van der Waals surface area contributed by atoms with Gasteiger partial charge in [0.1, 0.15) is 19.3 Å². The van der Waals surface area contributed by atoms with Crippen LogP contribution in [0, 0.1) is 0 Å². The molecule has 1 atom stereocenters. The average Bonchev–Trinajstić information content (AvgIpc) is 3.43. The van der Waals surface area contributed by atoms with E-state index in [4.69, 9.17) is 9.47 Å². The molecule has 2 aliphatic rings. The molecule has 2 aromatic rings. The standard InChI is InChI=1S/C29H39N3O6S/c1-22(29(34)30-24-11-6-7-12-24)31(18-16-23-9-4-3-5-10-23)28(33)13-8-17-32(39(2,35)36)25-14-15-26-27(21-25)38-20-19-37-26/h3-5,9-10,14-15,21-22,24H,6-8,11-13,16-20H2,1-2H3,(H,30,34). The van der Waals surface area contributed by atoms with Gasteiger partial charge in [0.2, 0.25) is 21.8 Å². The van der Waals surface area contributed by atoms with Crippen LogP contribution < -0.4 is 19.1 Å². The maximum absolute atomic E-state index is 13.4. The number of carbonyl (C=O) groups is 2. The van der Waals surface area contributed by atoms with Crippen molar-refractivity contribution in [3.05, 3.63) is 54.1 Å². The fourth-order valence-electron chi connectivity index (χ4n) is 5.15. The molecule has 1 saturated carbocycles. The quantitative estimate of drug-likeness (QED) is 0.428. The van der Waals surface area contributed by atoms with Crippen LogP contribution in [0.25, 0.3) is 0 Å². The molecule has 9 nitrogen and oxygen atoms in total. The largest absolute Gasteiger partial charge is 0.486 e. The highest BCUT2D eigenvalue weighted by Gasteiger charge is 2.28. The zero-order valence-electron chi connectivity index (χ0n) is 22.8. The second-order valence-electron chi connectivity index (χ2n) is 10.3. The fourth-order valence-corrected chi connectivity index (χ4v) is 6.11. The van der Waals surface area contributed by atoms with E-state index in [0.717, 1.165) is 37.5 Å². The van der Waals surface area contributed by atoms with Gasteiger partial charge in [-0.15, -0.1) is 0 Å². The number of nitrogens with one attached hydrogen (secondary N) is 1. The summed E-state index contributed by atoms with van der Waals surface area (Å²) >= 11 is 0. The zero-order chi connectivity index (χ0) is 27.8. The Balaban J connectivity index is 1.42. The molecule has 39 heavy (non-hydrogen) atoms. The van der Waals surface area contributed by atoms with E-state index in [2.05, 4.69) is 5.32 Å². The number of carbonyl (C=O) groups excluding carboxylic acids is 2. The maximum Gasteiger partial charge on any atom is 0.242 e. The van der Waals surface area contributed by atoms with E-state index in [1.165, 1.54) is 4.31 Å². The lowest BCUT2D eigenvalue weighted by Crippen LogP contribution is -2.50. The number of sulfonamides is 1. The van der Waals surface area contributed by atoms with Gasteiger partial charge in [-0.1, -0.05) is 43.2 Å². The molecule has 2 amide bonds. The van der Waals surface area contributed by atoms with E-state index in [1.54, 1.807) is 30.0 Å². The van der Waals surface area contributed by atoms with Crippen molar-refractivity contribution in [3.63, 3.8) is 0 Å². The monoisotopic (exact) mass is 557 g/mol. The van der Waals surface area contributed by atoms with E-state index in [0.29, 0.717) is 49.8 Å². The van der Waals surface area contributed by atoms with Gasteiger partial charge < -0.3 is 19.7 Å². The van der Waals surface area contributed by atoms with Crippen molar-refractivity contribution in [1.29, 1.82) is 0 Å². The molecule has 10 heteroatoms. The van der Waals surface area contributed by atoms with Crippen molar-refractivity contribution in [1.82, 2.24) is 10.2 Å². The molecular formula is C29H39N3O6S. The van der Waals surface area contributed by atoms with Gasteiger partial charge in [-0.3, -0.25) is 13.9 Å². The summed E-state index contributed by atoms with van der Waals surface area (Å²) < 4.78 is 37.7. The van der Waals surface area contributed by atoms with Gasteiger partial charge in [-0.05, 0) is 50.3 Å².